The van der Waals surface area contributed by atoms with Crippen LogP contribution in [-0.2, 0) is 0 Å². The van der Waals surface area contributed by atoms with Gasteiger partial charge in [-0.05, 0) is 18.2 Å². The number of aliphatic hydroxyl groups is 1. The molecule has 0 aliphatic carbocycles. The minimum absolute atomic E-state index is 0.159. The summed E-state index contributed by atoms with van der Waals surface area (Å²) in [6.45, 7) is 0.159. The van der Waals surface area contributed by atoms with E-state index in [9.17, 15) is 0 Å². The van der Waals surface area contributed by atoms with Gasteiger partial charge < -0.3 is 10.8 Å². The van der Waals surface area contributed by atoms with Crippen molar-refractivity contribution >= 4 is 29.1 Å². The minimum Gasteiger partial charge on any atom is -0.398 e. The van der Waals surface area contributed by atoms with E-state index >= 15 is 0 Å². The van der Waals surface area contributed by atoms with E-state index < -0.39 is 0 Å². The number of aliphatic hydroxyl groups excluding tert-OH is 1. The second kappa shape index (κ2) is 4.60. The third kappa shape index (κ3) is 2.59. The van der Waals surface area contributed by atoms with E-state index in [0.717, 1.165) is 4.90 Å². The van der Waals surface area contributed by atoms with Gasteiger partial charge in [0.2, 0.25) is 0 Å². The zero-order chi connectivity index (χ0) is 8.97. The van der Waals surface area contributed by atoms with Gasteiger partial charge in [0.15, 0.2) is 0 Å². The summed E-state index contributed by atoms with van der Waals surface area (Å²) in [6.07, 6.45) is 0. The van der Waals surface area contributed by atoms with Crippen molar-refractivity contribution in [3.05, 3.63) is 23.2 Å². The van der Waals surface area contributed by atoms with Crippen LogP contribution in [0.1, 0.15) is 0 Å². The summed E-state index contributed by atoms with van der Waals surface area (Å²) in [5, 5.41) is 9.23. The molecule has 66 valence electrons. The smallest absolute Gasteiger partial charge is 0.0525 e. The molecule has 12 heavy (non-hydrogen) atoms. The highest BCUT2D eigenvalue weighted by molar-refractivity contribution is 7.99. The third-order valence-electron chi connectivity index (χ3n) is 1.32. The predicted molar refractivity (Wildman–Crippen MR) is 53.7 cm³/mol. The number of rotatable bonds is 3. The van der Waals surface area contributed by atoms with E-state index in [4.69, 9.17) is 22.4 Å². The second-order valence-corrected chi connectivity index (χ2v) is 3.83. The van der Waals surface area contributed by atoms with Crippen LogP contribution in [0.5, 0.6) is 0 Å². The molecule has 0 atom stereocenters. The van der Waals surface area contributed by atoms with Crippen LogP contribution in [0.25, 0.3) is 0 Å². The Balaban J connectivity index is 2.72. The van der Waals surface area contributed by atoms with E-state index in [1.54, 1.807) is 12.1 Å². The van der Waals surface area contributed by atoms with Gasteiger partial charge in [0.25, 0.3) is 0 Å². The fourth-order valence-electron chi connectivity index (χ4n) is 0.806. The number of hydrogen-bond donors (Lipinski definition) is 2. The number of hydrogen-bond acceptors (Lipinski definition) is 3. The first-order valence-corrected chi connectivity index (χ1v) is 4.89. The molecule has 0 aromatic heterocycles. The molecule has 2 nitrogen and oxygen atoms in total. The Kier molecular flexibility index (Phi) is 3.72. The molecule has 0 spiro atoms. The molecule has 1 rings (SSSR count). The minimum atomic E-state index is 0.159. The summed E-state index contributed by atoms with van der Waals surface area (Å²) in [7, 11) is 0. The Morgan fingerprint density at radius 1 is 1.50 bits per heavy atom. The quantitative estimate of drug-likeness (QED) is 0.584. The molecule has 0 saturated carbocycles. The molecule has 0 radical (unpaired) electrons. The van der Waals surface area contributed by atoms with Gasteiger partial charge in [0.1, 0.15) is 0 Å². The Morgan fingerprint density at radius 2 is 2.25 bits per heavy atom. The summed E-state index contributed by atoms with van der Waals surface area (Å²) in [5.41, 5.74) is 6.34. The molecular formula is C8H10ClNOS. The number of halogens is 1. The molecule has 4 heteroatoms. The summed E-state index contributed by atoms with van der Waals surface area (Å²) in [4.78, 5) is 0.966. The number of benzene rings is 1. The predicted octanol–water partition coefficient (Wildman–Crippen LogP) is 2.01. The third-order valence-corrected chi connectivity index (χ3v) is 2.63. The van der Waals surface area contributed by atoms with E-state index in [0.29, 0.717) is 16.5 Å². The van der Waals surface area contributed by atoms with Crippen molar-refractivity contribution in [2.45, 2.75) is 4.90 Å². The van der Waals surface area contributed by atoms with Crippen molar-refractivity contribution in [2.24, 2.45) is 0 Å². The van der Waals surface area contributed by atoms with Crippen molar-refractivity contribution in [1.29, 1.82) is 0 Å². The molecule has 0 aliphatic rings. The molecule has 3 N–H and O–H groups in total. The molecule has 0 unspecified atom stereocenters. The van der Waals surface area contributed by atoms with E-state index in [1.807, 2.05) is 6.07 Å². The molecule has 0 amide bonds. The highest BCUT2D eigenvalue weighted by Crippen LogP contribution is 2.27. The molecule has 1 aromatic rings. The number of nitrogen functional groups attached to an aromatic ring is 1. The van der Waals surface area contributed by atoms with Gasteiger partial charge in [-0.3, -0.25) is 0 Å². The summed E-state index contributed by atoms with van der Waals surface area (Å²) in [6, 6.07) is 5.36. The Morgan fingerprint density at radius 3 is 2.83 bits per heavy atom. The van der Waals surface area contributed by atoms with Gasteiger partial charge in [-0.2, -0.15) is 0 Å². The van der Waals surface area contributed by atoms with Crippen LogP contribution in [0.3, 0.4) is 0 Å². The van der Waals surface area contributed by atoms with Crippen molar-refractivity contribution in [3.8, 4) is 0 Å². The van der Waals surface area contributed by atoms with Gasteiger partial charge in [-0.15, -0.1) is 11.8 Å². The SMILES string of the molecule is Nc1cc(Cl)ccc1SCCO. The zero-order valence-corrected chi connectivity index (χ0v) is 8.03. The topological polar surface area (TPSA) is 46.2 Å². The summed E-state index contributed by atoms with van der Waals surface area (Å²) < 4.78 is 0. The summed E-state index contributed by atoms with van der Waals surface area (Å²) in [5.74, 6) is 0.659. The van der Waals surface area contributed by atoms with E-state index in [1.165, 1.54) is 11.8 Å². The Labute approximate surface area is 80.7 Å². The first kappa shape index (κ1) is 9.71. The summed E-state index contributed by atoms with van der Waals surface area (Å²) >= 11 is 7.23. The van der Waals surface area contributed by atoms with Crippen LogP contribution >= 0.6 is 23.4 Å². The molecular weight excluding hydrogens is 194 g/mol. The lowest BCUT2D eigenvalue weighted by atomic mass is 10.3. The van der Waals surface area contributed by atoms with Gasteiger partial charge in [-0.25, -0.2) is 0 Å². The first-order valence-electron chi connectivity index (χ1n) is 3.52. The van der Waals surface area contributed by atoms with Gasteiger partial charge in [0.05, 0.1) is 6.61 Å². The average molecular weight is 204 g/mol. The van der Waals surface area contributed by atoms with Crippen molar-refractivity contribution < 1.29 is 5.11 Å². The normalized spacial score (nSPS) is 10.2. The molecule has 0 aliphatic heterocycles. The Bertz CT molecular complexity index is 267. The maximum Gasteiger partial charge on any atom is 0.0525 e. The van der Waals surface area contributed by atoms with E-state index in [-0.39, 0.29) is 6.61 Å². The van der Waals surface area contributed by atoms with Crippen LogP contribution in [0.15, 0.2) is 23.1 Å². The lowest BCUT2D eigenvalue weighted by Gasteiger charge is -2.03. The van der Waals surface area contributed by atoms with Crippen LogP contribution in [-0.4, -0.2) is 17.5 Å². The Hall–Kier alpha value is -0.380. The molecule has 0 saturated heterocycles. The standard InChI is InChI=1S/C8H10ClNOS/c9-6-1-2-8(7(10)5-6)12-4-3-11/h1-2,5,11H,3-4,10H2. The maximum absolute atomic E-state index is 8.59. The fraction of sp³-hybridized carbons (Fsp3) is 0.250. The number of anilines is 1. The van der Waals surface area contributed by atoms with Gasteiger partial charge in [0, 0.05) is 21.4 Å². The molecule has 0 heterocycles. The monoisotopic (exact) mass is 203 g/mol. The second-order valence-electron chi connectivity index (χ2n) is 2.25. The van der Waals surface area contributed by atoms with Crippen molar-refractivity contribution in [1.82, 2.24) is 0 Å². The highest BCUT2D eigenvalue weighted by Gasteiger charge is 1.99. The first-order chi connectivity index (χ1) is 5.74. The highest BCUT2D eigenvalue weighted by atomic mass is 35.5. The van der Waals surface area contributed by atoms with Gasteiger partial charge >= 0.3 is 0 Å². The fourth-order valence-corrected chi connectivity index (χ4v) is 1.69. The van der Waals surface area contributed by atoms with Gasteiger partial charge in [-0.1, -0.05) is 11.6 Å². The van der Waals surface area contributed by atoms with Crippen LogP contribution in [0, 0.1) is 0 Å². The lowest BCUT2D eigenvalue weighted by Crippen LogP contribution is -1.91. The molecule has 0 fully saturated rings. The maximum atomic E-state index is 8.59. The van der Waals surface area contributed by atoms with Crippen LogP contribution < -0.4 is 5.73 Å². The molecule has 1 aromatic carbocycles. The van der Waals surface area contributed by atoms with Crippen molar-refractivity contribution in [3.63, 3.8) is 0 Å². The van der Waals surface area contributed by atoms with E-state index in [2.05, 4.69) is 0 Å². The number of thioether (sulfide) groups is 1. The largest absolute Gasteiger partial charge is 0.398 e. The van der Waals surface area contributed by atoms with Crippen LogP contribution in [0.2, 0.25) is 5.02 Å². The number of nitrogens with two attached hydrogens (primary N) is 1. The van der Waals surface area contributed by atoms with Crippen molar-refractivity contribution in [2.75, 3.05) is 18.1 Å². The van der Waals surface area contributed by atoms with Crippen LogP contribution in [0.4, 0.5) is 5.69 Å². The zero-order valence-electron chi connectivity index (χ0n) is 6.46. The average Bonchev–Trinajstić information content (AvgIpc) is 2.03. The lowest BCUT2D eigenvalue weighted by molar-refractivity contribution is 0.322. The molecule has 0 bridgehead atoms.